The fourth-order valence-corrected chi connectivity index (χ4v) is 2.59. The first kappa shape index (κ1) is 24.8. The molecule has 2 rings (SSSR count). The van der Waals surface area contributed by atoms with Gasteiger partial charge in [0, 0.05) is 38.7 Å². The van der Waals surface area contributed by atoms with Crippen LogP contribution in [-0.4, -0.2) is 36.9 Å². The van der Waals surface area contributed by atoms with E-state index in [0.29, 0.717) is 32.0 Å². The van der Waals surface area contributed by atoms with Crippen LogP contribution < -0.4 is 10.6 Å². The van der Waals surface area contributed by atoms with Gasteiger partial charge in [0.2, 0.25) is 5.91 Å². The van der Waals surface area contributed by atoms with Gasteiger partial charge in [-0.15, -0.1) is 24.0 Å². The Morgan fingerprint density at radius 3 is 2.52 bits per heavy atom. The summed E-state index contributed by atoms with van der Waals surface area (Å²) in [6.07, 6.45) is 0.294. The summed E-state index contributed by atoms with van der Waals surface area (Å²) in [4.78, 5) is 18.2. The summed E-state index contributed by atoms with van der Waals surface area (Å²) in [6, 6.07) is 13.1. The Morgan fingerprint density at radius 1 is 1.10 bits per heavy atom. The lowest BCUT2D eigenvalue weighted by Gasteiger charge is -2.18. The van der Waals surface area contributed by atoms with E-state index in [0.717, 1.165) is 23.8 Å². The Balaban J connectivity index is 0.00000420. The number of rotatable bonds is 8. The lowest BCUT2D eigenvalue weighted by Crippen LogP contribution is -2.39. The van der Waals surface area contributed by atoms with E-state index in [2.05, 4.69) is 15.6 Å². The zero-order valence-corrected chi connectivity index (χ0v) is 19.0. The van der Waals surface area contributed by atoms with Gasteiger partial charge in [-0.2, -0.15) is 0 Å². The number of aliphatic imine (C=N–C) groups is 1. The summed E-state index contributed by atoms with van der Waals surface area (Å²) in [7, 11) is 1.77. The Bertz CT molecular complexity index is 803. The first-order valence-corrected chi connectivity index (χ1v) is 9.23. The van der Waals surface area contributed by atoms with Gasteiger partial charge < -0.3 is 15.5 Å². The first-order chi connectivity index (χ1) is 13.5. The third kappa shape index (κ3) is 8.76. The van der Waals surface area contributed by atoms with Gasteiger partial charge in [0.15, 0.2) is 5.96 Å². The highest BCUT2D eigenvalue weighted by atomic mass is 127. The van der Waals surface area contributed by atoms with Gasteiger partial charge in [0.05, 0.1) is 6.54 Å². The van der Waals surface area contributed by atoms with Gasteiger partial charge in [-0.05, 0) is 30.7 Å². The minimum absolute atomic E-state index is 0. The molecule has 2 aromatic rings. The molecule has 0 aliphatic heterocycles. The maximum atomic E-state index is 13.7. The molecule has 0 aliphatic rings. The average Bonchev–Trinajstić information content (AvgIpc) is 2.69. The molecule has 2 aromatic carbocycles. The number of hydrogen-bond acceptors (Lipinski definition) is 2. The maximum Gasteiger partial charge on any atom is 0.224 e. The van der Waals surface area contributed by atoms with Crippen molar-refractivity contribution in [3.63, 3.8) is 0 Å². The molecule has 0 atom stereocenters. The van der Waals surface area contributed by atoms with Gasteiger partial charge >= 0.3 is 0 Å². The molecule has 29 heavy (non-hydrogen) atoms. The lowest BCUT2D eigenvalue weighted by molar-refractivity contribution is -0.130. The van der Waals surface area contributed by atoms with E-state index >= 15 is 0 Å². The summed E-state index contributed by atoms with van der Waals surface area (Å²) in [5.74, 6) is -0.552. The highest BCUT2D eigenvalue weighted by Crippen LogP contribution is 2.10. The van der Waals surface area contributed by atoms with Crippen LogP contribution in [0.2, 0.25) is 0 Å². The standard InChI is InChI=1S/C21H26F2N4O.HI/c1-3-24-21(26-14-17-13-18(22)9-10-19(17)23)25-12-11-20(28)27(2)15-16-7-5-4-6-8-16;/h4-10,13H,3,11-12,14-15H2,1-2H3,(H2,24,25,26);1H. The summed E-state index contributed by atoms with van der Waals surface area (Å²) in [6.45, 7) is 3.45. The number of benzene rings is 2. The third-order valence-electron chi connectivity index (χ3n) is 4.08. The molecular formula is C21H27F2IN4O. The number of carbonyl (C=O) groups is 1. The molecule has 2 N–H and O–H groups in total. The smallest absolute Gasteiger partial charge is 0.224 e. The first-order valence-electron chi connectivity index (χ1n) is 9.23. The molecule has 0 fully saturated rings. The highest BCUT2D eigenvalue weighted by Gasteiger charge is 2.10. The van der Waals surface area contributed by atoms with E-state index in [1.807, 2.05) is 37.3 Å². The Kier molecular flexibility index (Phi) is 11.2. The van der Waals surface area contributed by atoms with Crippen molar-refractivity contribution in [1.29, 1.82) is 0 Å². The molecule has 5 nitrogen and oxygen atoms in total. The second-order valence-corrected chi connectivity index (χ2v) is 6.34. The van der Waals surface area contributed by atoms with Crippen LogP contribution in [0.4, 0.5) is 8.78 Å². The fraction of sp³-hybridized carbons (Fsp3) is 0.333. The van der Waals surface area contributed by atoms with Crippen LogP contribution in [0.1, 0.15) is 24.5 Å². The van der Waals surface area contributed by atoms with Crippen LogP contribution in [-0.2, 0) is 17.9 Å². The number of halogens is 3. The number of nitrogens with one attached hydrogen (secondary N) is 2. The molecule has 8 heteroatoms. The van der Waals surface area contributed by atoms with Gasteiger partial charge in [-0.25, -0.2) is 13.8 Å². The van der Waals surface area contributed by atoms with Crippen LogP contribution in [0.15, 0.2) is 53.5 Å². The van der Waals surface area contributed by atoms with Crippen LogP contribution in [0.25, 0.3) is 0 Å². The number of guanidine groups is 1. The molecule has 158 valence electrons. The van der Waals surface area contributed by atoms with E-state index in [1.54, 1.807) is 11.9 Å². The predicted molar refractivity (Wildman–Crippen MR) is 122 cm³/mol. The monoisotopic (exact) mass is 516 g/mol. The Hall–Kier alpha value is -2.23. The van der Waals surface area contributed by atoms with E-state index in [4.69, 9.17) is 0 Å². The molecule has 0 spiro atoms. The van der Waals surface area contributed by atoms with E-state index in [1.165, 1.54) is 0 Å². The van der Waals surface area contributed by atoms with E-state index < -0.39 is 11.6 Å². The highest BCUT2D eigenvalue weighted by molar-refractivity contribution is 14.0. The predicted octanol–water partition coefficient (Wildman–Crippen LogP) is 3.69. The largest absolute Gasteiger partial charge is 0.357 e. The molecule has 0 radical (unpaired) electrons. The number of amides is 1. The van der Waals surface area contributed by atoms with Crippen LogP contribution in [0.5, 0.6) is 0 Å². The normalized spacial score (nSPS) is 10.8. The van der Waals surface area contributed by atoms with Crippen molar-refractivity contribution in [2.45, 2.75) is 26.4 Å². The summed E-state index contributed by atoms with van der Waals surface area (Å²) < 4.78 is 27.0. The van der Waals surface area contributed by atoms with Crippen molar-refractivity contribution >= 4 is 35.8 Å². The van der Waals surface area contributed by atoms with Gasteiger partial charge in [0.25, 0.3) is 0 Å². The van der Waals surface area contributed by atoms with Crippen LogP contribution in [0, 0.1) is 11.6 Å². The van der Waals surface area contributed by atoms with E-state index in [9.17, 15) is 13.6 Å². The molecule has 0 aliphatic carbocycles. The zero-order chi connectivity index (χ0) is 20.4. The average molecular weight is 516 g/mol. The minimum Gasteiger partial charge on any atom is -0.357 e. The molecule has 1 amide bonds. The zero-order valence-electron chi connectivity index (χ0n) is 16.6. The van der Waals surface area contributed by atoms with Crippen molar-refractivity contribution in [1.82, 2.24) is 15.5 Å². The Labute approximate surface area is 187 Å². The summed E-state index contributed by atoms with van der Waals surface area (Å²) in [5, 5.41) is 6.08. The fourth-order valence-electron chi connectivity index (χ4n) is 2.59. The molecule has 0 saturated carbocycles. The van der Waals surface area contributed by atoms with Gasteiger partial charge in [-0.3, -0.25) is 4.79 Å². The van der Waals surface area contributed by atoms with Crippen LogP contribution >= 0.6 is 24.0 Å². The SMILES string of the molecule is CCNC(=NCc1cc(F)ccc1F)NCCC(=O)N(C)Cc1ccccc1.I. The summed E-state index contributed by atoms with van der Waals surface area (Å²) >= 11 is 0. The molecule has 0 heterocycles. The van der Waals surface area contributed by atoms with Crippen molar-refractivity contribution < 1.29 is 13.6 Å². The number of hydrogen-bond donors (Lipinski definition) is 2. The quantitative estimate of drug-likeness (QED) is 0.320. The molecular weight excluding hydrogens is 489 g/mol. The molecule has 0 bridgehead atoms. The Morgan fingerprint density at radius 2 is 1.83 bits per heavy atom. The van der Waals surface area contributed by atoms with Gasteiger partial charge in [0.1, 0.15) is 11.6 Å². The van der Waals surface area contributed by atoms with E-state index in [-0.39, 0.29) is 42.0 Å². The number of carbonyl (C=O) groups excluding carboxylic acids is 1. The maximum absolute atomic E-state index is 13.7. The summed E-state index contributed by atoms with van der Waals surface area (Å²) in [5.41, 5.74) is 1.24. The lowest BCUT2D eigenvalue weighted by atomic mass is 10.2. The minimum atomic E-state index is -0.503. The van der Waals surface area contributed by atoms with Crippen molar-refractivity contribution in [2.24, 2.45) is 4.99 Å². The molecule has 0 saturated heterocycles. The van der Waals surface area contributed by atoms with Crippen molar-refractivity contribution in [3.05, 3.63) is 71.3 Å². The van der Waals surface area contributed by atoms with Crippen molar-refractivity contribution in [2.75, 3.05) is 20.1 Å². The second-order valence-electron chi connectivity index (χ2n) is 6.34. The van der Waals surface area contributed by atoms with Crippen molar-refractivity contribution in [3.8, 4) is 0 Å². The topological polar surface area (TPSA) is 56.7 Å². The second kappa shape index (κ2) is 13.1. The third-order valence-corrected chi connectivity index (χ3v) is 4.08. The molecule has 0 unspecified atom stereocenters. The molecule has 0 aromatic heterocycles. The number of nitrogens with zero attached hydrogens (tertiary/aromatic N) is 2. The van der Waals surface area contributed by atoms with Crippen LogP contribution in [0.3, 0.4) is 0 Å². The van der Waals surface area contributed by atoms with Gasteiger partial charge in [-0.1, -0.05) is 30.3 Å².